The molecule has 2 aromatic carbocycles. The lowest BCUT2D eigenvalue weighted by molar-refractivity contribution is -0.124. The molecule has 29 heavy (non-hydrogen) atoms. The molecule has 0 saturated heterocycles. The smallest absolute Gasteiger partial charge is 0.245 e. The number of carbonyl (C=O) groups is 1. The maximum atomic E-state index is 11.5. The molecule has 1 aromatic heterocycles. The zero-order valence-corrected chi connectivity index (χ0v) is 16.9. The number of carbonyl (C=O) groups excluding carboxylic acids is 1. The number of benzene rings is 2. The van der Waals surface area contributed by atoms with Crippen LogP contribution in [0.3, 0.4) is 0 Å². The van der Waals surface area contributed by atoms with Crippen molar-refractivity contribution in [1.29, 1.82) is 0 Å². The zero-order chi connectivity index (χ0) is 20.5. The summed E-state index contributed by atoms with van der Waals surface area (Å²) in [5.41, 5.74) is 2.04. The molecule has 0 aliphatic rings. The lowest BCUT2D eigenvalue weighted by Crippen LogP contribution is -2.28. The lowest BCUT2D eigenvalue weighted by Gasteiger charge is -2.13. The second-order valence-electron chi connectivity index (χ2n) is 6.55. The van der Waals surface area contributed by atoms with Gasteiger partial charge in [-0.15, -0.1) is 0 Å². The molecule has 1 amide bonds. The van der Waals surface area contributed by atoms with Gasteiger partial charge in [0.05, 0.1) is 24.7 Å². The third-order valence-electron chi connectivity index (χ3n) is 4.55. The van der Waals surface area contributed by atoms with Gasteiger partial charge in [0.25, 0.3) is 0 Å². The summed E-state index contributed by atoms with van der Waals surface area (Å²) in [7, 11) is 3.14. The predicted molar refractivity (Wildman–Crippen MR) is 111 cm³/mol. The van der Waals surface area contributed by atoms with E-state index >= 15 is 0 Å². The van der Waals surface area contributed by atoms with Crippen LogP contribution in [0.4, 0.5) is 0 Å². The molecule has 0 radical (unpaired) electrons. The number of hydrogen-bond donors (Lipinski definition) is 1. The van der Waals surface area contributed by atoms with Gasteiger partial charge in [0.15, 0.2) is 11.5 Å². The molecule has 0 aliphatic carbocycles. The molecule has 0 saturated carbocycles. The number of ether oxygens (including phenoxy) is 3. The summed E-state index contributed by atoms with van der Waals surface area (Å²) in [4.78, 5) is 16.3. The first kappa shape index (κ1) is 20.7. The normalized spacial score (nSPS) is 10.8. The van der Waals surface area contributed by atoms with Gasteiger partial charge < -0.3 is 24.1 Å². The maximum absolute atomic E-state index is 11.5. The SMILES string of the molecule is COCC(=O)NCCCc1nc2ccccc2n1CCOc1ccccc1OC. The number of methoxy groups -OCH3 is 2. The molecule has 3 rings (SSSR count). The third-order valence-corrected chi connectivity index (χ3v) is 4.55. The van der Waals surface area contributed by atoms with E-state index in [0.717, 1.165) is 41.2 Å². The summed E-state index contributed by atoms with van der Waals surface area (Å²) >= 11 is 0. The molecule has 0 aliphatic heterocycles. The monoisotopic (exact) mass is 397 g/mol. The highest BCUT2D eigenvalue weighted by Gasteiger charge is 2.11. The van der Waals surface area contributed by atoms with Gasteiger partial charge in [-0.25, -0.2) is 4.98 Å². The van der Waals surface area contributed by atoms with E-state index in [2.05, 4.69) is 16.0 Å². The van der Waals surface area contributed by atoms with Crippen molar-refractivity contribution >= 4 is 16.9 Å². The van der Waals surface area contributed by atoms with E-state index in [0.29, 0.717) is 19.7 Å². The van der Waals surface area contributed by atoms with Crippen LogP contribution in [0.25, 0.3) is 11.0 Å². The fraction of sp³-hybridized carbons (Fsp3) is 0.364. The number of hydrogen-bond acceptors (Lipinski definition) is 5. The van der Waals surface area contributed by atoms with Gasteiger partial charge in [-0.1, -0.05) is 24.3 Å². The van der Waals surface area contributed by atoms with Crippen molar-refractivity contribution in [3.63, 3.8) is 0 Å². The first-order valence-corrected chi connectivity index (χ1v) is 9.68. The predicted octanol–water partition coefficient (Wildman–Crippen LogP) is 2.82. The van der Waals surface area contributed by atoms with Gasteiger partial charge in [0.1, 0.15) is 19.0 Å². The molecule has 0 spiro atoms. The van der Waals surface area contributed by atoms with Crippen molar-refractivity contribution in [2.45, 2.75) is 19.4 Å². The minimum atomic E-state index is -0.105. The van der Waals surface area contributed by atoms with Crippen LogP contribution in [0, 0.1) is 0 Å². The van der Waals surface area contributed by atoms with Gasteiger partial charge in [-0.2, -0.15) is 0 Å². The molecule has 7 nitrogen and oxygen atoms in total. The van der Waals surface area contributed by atoms with Crippen LogP contribution >= 0.6 is 0 Å². The van der Waals surface area contributed by atoms with Crippen molar-refractivity contribution in [2.24, 2.45) is 0 Å². The van der Waals surface area contributed by atoms with E-state index < -0.39 is 0 Å². The number of imidazole rings is 1. The molecule has 7 heteroatoms. The summed E-state index contributed by atoms with van der Waals surface area (Å²) < 4.78 is 18.3. The second kappa shape index (κ2) is 10.5. The number of aromatic nitrogens is 2. The van der Waals surface area contributed by atoms with Crippen LogP contribution in [0.1, 0.15) is 12.2 Å². The first-order valence-electron chi connectivity index (χ1n) is 9.68. The Bertz CT molecular complexity index is 939. The molecule has 0 bridgehead atoms. The molecule has 0 atom stereocenters. The van der Waals surface area contributed by atoms with Gasteiger partial charge in [0, 0.05) is 20.1 Å². The maximum Gasteiger partial charge on any atom is 0.245 e. The minimum absolute atomic E-state index is 0.0821. The molecule has 3 aromatic rings. The van der Waals surface area contributed by atoms with Crippen LogP contribution in [0.15, 0.2) is 48.5 Å². The third kappa shape index (κ3) is 5.48. The fourth-order valence-corrected chi connectivity index (χ4v) is 3.21. The highest BCUT2D eigenvalue weighted by molar-refractivity contribution is 5.77. The second-order valence-corrected chi connectivity index (χ2v) is 6.55. The lowest BCUT2D eigenvalue weighted by atomic mass is 10.3. The van der Waals surface area contributed by atoms with E-state index in [9.17, 15) is 4.79 Å². The Labute approximate surface area is 170 Å². The average molecular weight is 397 g/mol. The Hall–Kier alpha value is -3.06. The van der Waals surface area contributed by atoms with E-state index in [1.165, 1.54) is 7.11 Å². The number of nitrogens with zero attached hydrogens (tertiary/aromatic N) is 2. The molecule has 154 valence electrons. The van der Waals surface area contributed by atoms with E-state index in [4.69, 9.17) is 19.2 Å². The Morgan fingerprint density at radius 1 is 1.07 bits per heavy atom. The van der Waals surface area contributed by atoms with Gasteiger partial charge in [-0.05, 0) is 30.7 Å². The van der Waals surface area contributed by atoms with E-state index in [1.54, 1.807) is 7.11 Å². The number of rotatable bonds is 11. The Kier molecular flexibility index (Phi) is 7.47. The summed E-state index contributed by atoms with van der Waals surface area (Å²) in [6.07, 6.45) is 1.56. The number of fused-ring (bicyclic) bond motifs is 1. The van der Waals surface area contributed by atoms with Crippen LogP contribution in [0.2, 0.25) is 0 Å². The van der Waals surface area contributed by atoms with E-state index in [-0.39, 0.29) is 12.5 Å². The van der Waals surface area contributed by atoms with Crippen LogP contribution in [0.5, 0.6) is 11.5 Å². The van der Waals surface area contributed by atoms with Crippen molar-refractivity contribution in [3.05, 3.63) is 54.4 Å². The van der Waals surface area contributed by atoms with Crippen molar-refractivity contribution in [1.82, 2.24) is 14.9 Å². The molecular weight excluding hydrogens is 370 g/mol. The standard InChI is InChI=1S/C22H27N3O4/c1-27-16-22(26)23-13-7-12-21-24-17-8-3-4-9-18(17)25(21)14-15-29-20-11-6-5-10-19(20)28-2/h3-6,8-11H,7,12-16H2,1-2H3,(H,23,26). The average Bonchev–Trinajstić information content (AvgIpc) is 3.09. The highest BCUT2D eigenvalue weighted by Crippen LogP contribution is 2.26. The fourth-order valence-electron chi connectivity index (χ4n) is 3.21. The molecular formula is C22H27N3O4. The number of amides is 1. The Morgan fingerprint density at radius 2 is 1.83 bits per heavy atom. The molecule has 0 unspecified atom stereocenters. The van der Waals surface area contributed by atoms with Crippen molar-refractivity contribution < 1.29 is 19.0 Å². The topological polar surface area (TPSA) is 74.6 Å². The van der Waals surface area contributed by atoms with Crippen LogP contribution in [-0.2, 0) is 22.5 Å². The summed E-state index contributed by atoms with van der Waals surface area (Å²) in [5, 5.41) is 2.84. The first-order chi connectivity index (χ1) is 14.2. The van der Waals surface area contributed by atoms with Crippen LogP contribution in [-0.4, -0.2) is 49.4 Å². The molecule has 0 fully saturated rings. The summed E-state index contributed by atoms with van der Waals surface area (Å²) in [5.74, 6) is 2.32. The highest BCUT2D eigenvalue weighted by atomic mass is 16.5. The summed E-state index contributed by atoms with van der Waals surface area (Å²) in [6.45, 7) is 1.84. The Morgan fingerprint density at radius 3 is 2.62 bits per heavy atom. The zero-order valence-electron chi connectivity index (χ0n) is 16.9. The van der Waals surface area contributed by atoms with Crippen LogP contribution < -0.4 is 14.8 Å². The van der Waals surface area contributed by atoms with Gasteiger partial charge in [-0.3, -0.25) is 4.79 Å². The summed E-state index contributed by atoms with van der Waals surface area (Å²) in [6, 6.07) is 15.7. The quantitative estimate of drug-likeness (QED) is 0.504. The Balaban J connectivity index is 1.64. The van der Waals surface area contributed by atoms with E-state index in [1.807, 2.05) is 42.5 Å². The van der Waals surface area contributed by atoms with Crippen molar-refractivity contribution in [2.75, 3.05) is 34.0 Å². The largest absolute Gasteiger partial charge is 0.493 e. The van der Waals surface area contributed by atoms with Gasteiger partial charge >= 0.3 is 0 Å². The number of nitrogens with one attached hydrogen (secondary N) is 1. The number of para-hydroxylation sites is 4. The van der Waals surface area contributed by atoms with Crippen molar-refractivity contribution in [3.8, 4) is 11.5 Å². The minimum Gasteiger partial charge on any atom is -0.493 e. The van der Waals surface area contributed by atoms with Gasteiger partial charge in [0.2, 0.25) is 5.91 Å². The molecule has 1 N–H and O–H groups in total. The molecule has 1 heterocycles. The number of aryl methyl sites for hydroxylation is 1.